The van der Waals surface area contributed by atoms with Crippen LogP contribution in [0.1, 0.15) is 181 Å². The molecule has 280 valence electrons. The first-order valence-electron chi connectivity index (χ1n) is 19.0. The van der Waals surface area contributed by atoms with Gasteiger partial charge in [0, 0.05) is 12.8 Å². The van der Waals surface area contributed by atoms with Crippen LogP contribution in [-0.4, -0.2) is 65.7 Å². The van der Waals surface area contributed by atoms with Gasteiger partial charge in [-0.05, 0) is 12.8 Å². The van der Waals surface area contributed by atoms with Gasteiger partial charge in [-0.3, -0.25) is 18.6 Å². The molecule has 10 nitrogen and oxygen atoms in total. The molecule has 0 aliphatic rings. The lowest BCUT2D eigenvalue weighted by Gasteiger charge is -2.20. The standard InChI is InChI=1S/C36H71O10P/c1-3-5-7-9-11-13-15-17-19-21-23-25-27-35(39)43-31-34(32-45-47(41,42)44-30-33(38)29-37)46-36(40)28-26-24-22-20-18-16-14-12-10-8-6-4-2/h33-34,37-38H,3-32H2,1-2H3,(H,41,42)/t33?,34-/m1/s1. The zero-order valence-electron chi connectivity index (χ0n) is 30.0. The highest BCUT2D eigenvalue weighted by Crippen LogP contribution is 2.43. The molecule has 0 fully saturated rings. The van der Waals surface area contributed by atoms with Gasteiger partial charge in [0.1, 0.15) is 12.7 Å². The van der Waals surface area contributed by atoms with E-state index >= 15 is 0 Å². The molecule has 0 bridgehead atoms. The van der Waals surface area contributed by atoms with E-state index in [-0.39, 0.29) is 19.4 Å². The summed E-state index contributed by atoms with van der Waals surface area (Å²) in [6.07, 6.45) is 26.4. The van der Waals surface area contributed by atoms with Crippen molar-refractivity contribution >= 4 is 19.8 Å². The molecule has 0 rings (SSSR count). The molecule has 0 aliphatic heterocycles. The van der Waals surface area contributed by atoms with Crippen molar-refractivity contribution in [3.8, 4) is 0 Å². The number of hydrogen-bond donors (Lipinski definition) is 3. The molecule has 0 aromatic carbocycles. The average Bonchev–Trinajstić information content (AvgIpc) is 3.05. The Labute approximate surface area is 286 Å². The van der Waals surface area contributed by atoms with E-state index in [9.17, 15) is 24.2 Å². The van der Waals surface area contributed by atoms with Gasteiger partial charge >= 0.3 is 19.8 Å². The number of carbonyl (C=O) groups excluding carboxylic acids is 2. The van der Waals surface area contributed by atoms with E-state index in [2.05, 4.69) is 18.4 Å². The third-order valence-electron chi connectivity index (χ3n) is 8.26. The first-order chi connectivity index (χ1) is 22.7. The van der Waals surface area contributed by atoms with Crippen molar-refractivity contribution in [2.24, 2.45) is 0 Å². The largest absolute Gasteiger partial charge is 0.472 e. The van der Waals surface area contributed by atoms with Crippen LogP contribution in [0.2, 0.25) is 0 Å². The van der Waals surface area contributed by atoms with Gasteiger partial charge in [0.25, 0.3) is 0 Å². The van der Waals surface area contributed by atoms with E-state index in [1.54, 1.807) is 0 Å². The minimum absolute atomic E-state index is 0.191. The fourth-order valence-electron chi connectivity index (χ4n) is 5.29. The van der Waals surface area contributed by atoms with Gasteiger partial charge in [0.05, 0.1) is 19.8 Å². The molecular formula is C36H71O10P. The molecule has 3 atom stereocenters. The molecule has 0 aromatic rings. The van der Waals surface area contributed by atoms with E-state index in [1.165, 1.54) is 103 Å². The van der Waals surface area contributed by atoms with E-state index in [0.29, 0.717) is 12.8 Å². The molecule has 47 heavy (non-hydrogen) atoms. The lowest BCUT2D eigenvalue weighted by molar-refractivity contribution is -0.161. The van der Waals surface area contributed by atoms with Crippen molar-refractivity contribution in [2.45, 2.75) is 193 Å². The van der Waals surface area contributed by atoms with Crippen molar-refractivity contribution in [1.29, 1.82) is 0 Å². The number of unbranched alkanes of at least 4 members (excludes halogenated alkanes) is 22. The van der Waals surface area contributed by atoms with Crippen LogP contribution in [0.5, 0.6) is 0 Å². The molecule has 3 N–H and O–H groups in total. The van der Waals surface area contributed by atoms with Crippen LogP contribution in [0.3, 0.4) is 0 Å². The van der Waals surface area contributed by atoms with E-state index in [1.807, 2.05) is 0 Å². The van der Waals surface area contributed by atoms with E-state index < -0.39 is 51.8 Å². The van der Waals surface area contributed by atoms with Gasteiger partial charge in [-0.2, -0.15) is 0 Å². The molecule has 0 radical (unpaired) electrons. The van der Waals surface area contributed by atoms with Gasteiger partial charge in [-0.25, -0.2) is 4.57 Å². The zero-order chi connectivity index (χ0) is 34.9. The first kappa shape index (κ1) is 46.0. The molecule has 2 unspecified atom stereocenters. The van der Waals surface area contributed by atoms with Gasteiger partial charge in [-0.15, -0.1) is 0 Å². The van der Waals surface area contributed by atoms with Crippen molar-refractivity contribution in [3.63, 3.8) is 0 Å². The Balaban J connectivity index is 4.35. The Kier molecular flexibility index (Phi) is 32.7. The highest BCUT2D eigenvalue weighted by molar-refractivity contribution is 7.47. The number of aliphatic hydroxyl groups is 2. The lowest BCUT2D eigenvalue weighted by atomic mass is 10.0. The Hall–Kier alpha value is -1.03. The summed E-state index contributed by atoms with van der Waals surface area (Å²) in [5.74, 6) is -0.916. The first-order valence-corrected chi connectivity index (χ1v) is 20.5. The summed E-state index contributed by atoms with van der Waals surface area (Å²) in [7, 11) is -4.60. The van der Waals surface area contributed by atoms with E-state index in [4.69, 9.17) is 19.1 Å². The Morgan fingerprint density at radius 3 is 1.32 bits per heavy atom. The molecule has 0 aromatic heterocycles. The second-order valence-corrected chi connectivity index (χ2v) is 14.4. The summed E-state index contributed by atoms with van der Waals surface area (Å²) in [6, 6.07) is 0. The van der Waals surface area contributed by atoms with Crippen LogP contribution in [0.4, 0.5) is 0 Å². The number of rotatable bonds is 36. The van der Waals surface area contributed by atoms with Crippen molar-refractivity contribution in [1.82, 2.24) is 0 Å². The number of phosphoric acid groups is 1. The van der Waals surface area contributed by atoms with Crippen LogP contribution in [0.25, 0.3) is 0 Å². The minimum Gasteiger partial charge on any atom is -0.462 e. The predicted octanol–water partition coefficient (Wildman–Crippen LogP) is 9.11. The summed E-state index contributed by atoms with van der Waals surface area (Å²) in [5.41, 5.74) is 0. The molecular weight excluding hydrogens is 623 g/mol. The normalized spacial score (nSPS) is 14.1. The van der Waals surface area contributed by atoms with Gasteiger partial charge < -0.3 is 24.6 Å². The molecule has 0 aliphatic carbocycles. The van der Waals surface area contributed by atoms with Crippen LogP contribution in [0, 0.1) is 0 Å². The monoisotopic (exact) mass is 694 g/mol. The van der Waals surface area contributed by atoms with Crippen LogP contribution < -0.4 is 0 Å². The van der Waals surface area contributed by atoms with Crippen molar-refractivity contribution < 1.29 is 47.8 Å². The van der Waals surface area contributed by atoms with Gasteiger partial charge in [-0.1, -0.05) is 155 Å². The summed E-state index contributed by atoms with van der Waals surface area (Å²) in [5, 5.41) is 18.2. The highest BCUT2D eigenvalue weighted by Gasteiger charge is 2.27. The van der Waals surface area contributed by atoms with Crippen LogP contribution in [-0.2, 0) is 32.7 Å². The average molecular weight is 695 g/mol. The summed E-state index contributed by atoms with van der Waals surface area (Å²) in [4.78, 5) is 34.7. The lowest BCUT2D eigenvalue weighted by Crippen LogP contribution is -2.29. The summed E-state index contributed by atoms with van der Waals surface area (Å²) >= 11 is 0. The topological polar surface area (TPSA) is 149 Å². The maximum Gasteiger partial charge on any atom is 0.472 e. The number of esters is 2. The maximum absolute atomic E-state index is 12.5. The Bertz CT molecular complexity index is 766. The number of carbonyl (C=O) groups is 2. The number of ether oxygens (including phenoxy) is 2. The molecule has 0 amide bonds. The Morgan fingerprint density at radius 2 is 0.915 bits per heavy atom. The SMILES string of the molecule is CCCCCCCCCCCCCCC(=O)OC[C@H](COP(=O)(O)OCC(O)CO)OC(=O)CCCCCCCCCCCCCC. The van der Waals surface area contributed by atoms with Crippen LogP contribution >= 0.6 is 7.82 Å². The molecule has 0 heterocycles. The van der Waals surface area contributed by atoms with E-state index in [0.717, 1.165) is 38.5 Å². The maximum atomic E-state index is 12.5. The third kappa shape index (κ3) is 33.3. The van der Waals surface area contributed by atoms with Gasteiger partial charge in [0.15, 0.2) is 6.10 Å². The number of aliphatic hydroxyl groups excluding tert-OH is 2. The Morgan fingerprint density at radius 1 is 0.553 bits per heavy atom. The molecule has 11 heteroatoms. The summed E-state index contributed by atoms with van der Waals surface area (Å²) in [6.45, 7) is 2.37. The quantitative estimate of drug-likeness (QED) is 0.0329. The smallest absolute Gasteiger partial charge is 0.462 e. The summed E-state index contributed by atoms with van der Waals surface area (Å²) < 4.78 is 32.5. The molecule has 0 saturated heterocycles. The van der Waals surface area contributed by atoms with Gasteiger partial charge in [0.2, 0.25) is 0 Å². The second-order valence-electron chi connectivity index (χ2n) is 13.0. The predicted molar refractivity (Wildman–Crippen MR) is 187 cm³/mol. The highest BCUT2D eigenvalue weighted by atomic mass is 31.2. The minimum atomic E-state index is -4.60. The fraction of sp³-hybridized carbons (Fsp3) is 0.944. The number of hydrogen-bond acceptors (Lipinski definition) is 9. The molecule has 0 spiro atoms. The van der Waals surface area contributed by atoms with Crippen LogP contribution in [0.15, 0.2) is 0 Å². The fourth-order valence-corrected chi connectivity index (χ4v) is 6.08. The zero-order valence-corrected chi connectivity index (χ0v) is 30.9. The van der Waals surface area contributed by atoms with Crippen molar-refractivity contribution in [2.75, 3.05) is 26.4 Å². The third-order valence-corrected chi connectivity index (χ3v) is 9.21. The number of phosphoric ester groups is 1. The van der Waals surface area contributed by atoms with Crippen molar-refractivity contribution in [3.05, 3.63) is 0 Å². The second kappa shape index (κ2) is 33.5. The molecule has 0 saturated carbocycles.